The summed E-state index contributed by atoms with van der Waals surface area (Å²) < 4.78 is 12.0. The highest BCUT2D eigenvalue weighted by atomic mass is 16.5. The zero-order valence-electron chi connectivity index (χ0n) is 19.7. The third-order valence-electron chi connectivity index (χ3n) is 8.28. The summed E-state index contributed by atoms with van der Waals surface area (Å²) in [6.07, 6.45) is 11.9. The molecule has 0 bridgehead atoms. The molecule has 4 aliphatic rings. The highest BCUT2D eigenvalue weighted by Gasteiger charge is 2.44. The van der Waals surface area contributed by atoms with Crippen LogP contribution < -0.4 is 0 Å². The molecule has 4 fully saturated rings. The molecule has 0 aliphatic carbocycles. The van der Waals surface area contributed by atoms with Crippen molar-refractivity contribution >= 4 is 0 Å². The van der Waals surface area contributed by atoms with Gasteiger partial charge in [0.1, 0.15) is 0 Å². The molecule has 0 N–H and O–H groups in total. The van der Waals surface area contributed by atoms with Gasteiger partial charge in [0.25, 0.3) is 0 Å². The molecule has 4 nitrogen and oxygen atoms in total. The fourth-order valence-electron chi connectivity index (χ4n) is 7.39. The van der Waals surface area contributed by atoms with Gasteiger partial charge in [0, 0.05) is 26.3 Å². The van der Waals surface area contributed by atoms with Crippen LogP contribution in [0.25, 0.3) is 0 Å². The van der Waals surface area contributed by atoms with Crippen molar-refractivity contribution in [1.29, 1.82) is 0 Å². The summed E-state index contributed by atoms with van der Waals surface area (Å²) in [7, 11) is 0. The highest BCUT2D eigenvalue weighted by molar-refractivity contribution is 4.96. The Morgan fingerprint density at radius 2 is 1.10 bits per heavy atom. The van der Waals surface area contributed by atoms with Gasteiger partial charge >= 0.3 is 0 Å². The van der Waals surface area contributed by atoms with Crippen LogP contribution in [-0.2, 0) is 9.47 Å². The van der Waals surface area contributed by atoms with Crippen molar-refractivity contribution in [2.24, 2.45) is 10.8 Å². The van der Waals surface area contributed by atoms with Crippen LogP contribution in [0, 0.1) is 10.8 Å². The number of hydrogen-bond donors (Lipinski definition) is 0. The Kier molecular flexibility index (Phi) is 6.39. The van der Waals surface area contributed by atoms with Crippen molar-refractivity contribution < 1.29 is 9.47 Å². The molecule has 0 aromatic carbocycles. The summed E-state index contributed by atoms with van der Waals surface area (Å²) in [6, 6.07) is 0. The van der Waals surface area contributed by atoms with Gasteiger partial charge in [-0.2, -0.15) is 0 Å². The average Bonchev–Trinajstić information content (AvgIpc) is 2.60. The molecular formula is C25H46N2O2. The van der Waals surface area contributed by atoms with Gasteiger partial charge in [-0.1, -0.05) is 0 Å². The quantitative estimate of drug-likeness (QED) is 0.674. The molecular weight excluding hydrogens is 360 g/mol. The van der Waals surface area contributed by atoms with E-state index >= 15 is 0 Å². The van der Waals surface area contributed by atoms with Gasteiger partial charge < -0.3 is 19.3 Å². The van der Waals surface area contributed by atoms with Crippen LogP contribution >= 0.6 is 0 Å². The first-order valence-electron chi connectivity index (χ1n) is 12.4. The van der Waals surface area contributed by atoms with Crippen LogP contribution in [0.5, 0.6) is 0 Å². The van der Waals surface area contributed by atoms with Crippen molar-refractivity contribution in [2.75, 3.05) is 52.5 Å². The summed E-state index contributed by atoms with van der Waals surface area (Å²) in [4.78, 5) is 5.56. The van der Waals surface area contributed by atoms with Gasteiger partial charge in [0.2, 0.25) is 0 Å². The van der Waals surface area contributed by atoms with Crippen molar-refractivity contribution in [1.82, 2.24) is 9.80 Å². The number of piperidine rings is 2. The fraction of sp³-hybridized carbons (Fsp3) is 1.00. The smallest absolute Gasteiger partial charge is 0.0632 e. The van der Waals surface area contributed by atoms with Crippen LogP contribution in [0.4, 0.5) is 0 Å². The molecule has 0 radical (unpaired) electrons. The largest absolute Gasteiger partial charge is 0.376 e. The van der Waals surface area contributed by atoms with Crippen LogP contribution in [0.2, 0.25) is 0 Å². The lowest BCUT2D eigenvalue weighted by Gasteiger charge is -2.50. The first kappa shape index (κ1) is 22.0. The Bertz CT molecular complexity index is 507. The van der Waals surface area contributed by atoms with E-state index in [1.807, 2.05) is 0 Å². The molecule has 2 atom stereocenters. The van der Waals surface area contributed by atoms with Gasteiger partial charge in [-0.15, -0.1) is 0 Å². The number of rotatable bonds is 4. The van der Waals surface area contributed by atoms with Crippen LogP contribution in [-0.4, -0.2) is 73.5 Å². The average molecular weight is 407 g/mol. The molecule has 0 saturated carbocycles. The minimum atomic E-state index is 0.0703. The third-order valence-corrected chi connectivity index (χ3v) is 8.28. The predicted molar refractivity (Wildman–Crippen MR) is 119 cm³/mol. The maximum absolute atomic E-state index is 6.02. The summed E-state index contributed by atoms with van der Waals surface area (Å²) in [5.74, 6) is 0. The SMILES string of the molecule is CC1(C)C[C@@]2(CCCN(CCCN3CCC[C@@]4(CCOC(C)(C)C4)C3)C2)CCO1. The van der Waals surface area contributed by atoms with E-state index in [0.29, 0.717) is 10.8 Å². The summed E-state index contributed by atoms with van der Waals surface area (Å²) in [6.45, 7) is 18.8. The zero-order chi connectivity index (χ0) is 20.6. The third kappa shape index (κ3) is 5.56. The fourth-order valence-corrected chi connectivity index (χ4v) is 7.39. The van der Waals surface area contributed by atoms with E-state index < -0.39 is 0 Å². The van der Waals surface area contributed by atoms with Gasteiger partial charge in [-0.05, 0) is 122 Å². The summed E-state index contributed by atoms with van der Waals surface area (Å²) in [5.41, 5.74) is 1.17. The second kappa shape index (κ2) is 8.41. The molecule has 4 saturated heterocycles. The van der Waals surface area contributed by atoms with Crippen molar-refractivity contribution in [3.05, 3.63) is 0 Å². The van der Waals surface area contributed by atoms with Crippen LogP contribution in [0.1, 0.15) is 85.5 Å². The van der Waals surface area contributed by atoms with E-state index in [0.717, 1.165) is 13.2 Å². The molecule has 0 amide bonds. The highest BCUT2D eigenvalue weighted by Crippen LogP contribution is 2.46. The minimum Gasteiger partial charge on any atom is -0.376 e. The topological polar surface area (TPSA) is 24.9 Å². The Hall–Kier alpha value is -0.160. The van der Waals surface area contributed by atoms with E-state index in [1.165, 1.54) is 97.1 Å². The number of ether oxygens (including phenoxy) is 2. The predicted octanol–water partition coefficient (Wildman–Crippen LogP) is 4.72. The molecule has 4 aliphatic heterocycles. The molecule has 29 heavy (non-hydrogen) atoms. The van der Waals surface area contributed by atoms with Crippen molar-refractivity contribution in [2.45, 2.75) is 96.7 Å². The van der Waals surface area contributed by atoms with E-state index in [9.17, 15) is 0 Å². The number of nitrogens with zero attached hydrogens (tertiary/aromatic N) is 2. The van der Waals surface area contributed by atoms with Crippen molar-refractivity contribution in [3.63, 3.8) is 0 Å². The number of likely N-dealkylation sites (tertiary alicyclic amines) is 2. The normalized spacial score (nSPS) is 38.5. The monoisotopic (exact) mass is 406 g/mol. The Morgan fingerprint density at radius 3 is 1.52 bits per heavy atom. The summed E-state index contributed by atoms with van der Waals surface area (Å²) >= 11 is 0. The Labute approximate surface area is 179 Å². The minimum absolute atomic E-state index is 0.0703. The molecule has 0 aromatic rings. The van der Waals surface area contributed by atoms with Crippen LogP contribution in [0.15, 0.2) is 0 Å². The second-order valence-corrected chi connectivity index (χ2v) is 12.2. The van der Waals surface area contributed by atoms with Gasteiger partial charge in [0.15, 0.2) is 0 Å². The van der Waals surface area contributed by atoms with Gasteiger partial charge in [0.05, 0.1) is 11.2 Å². The molecule has 0 unspecified atom stereocenters. The molecule has 168 valence electrons. The van der Waals surface area contributed by atoms with E-state index in [4.69, 9.17) is 9.47 Å². The Balaban J connectivity index is 1.25. The van der Waals surface area contributed by atoms with Crippen molar-refractivity contribution in [3.8, 4) is 0 Å². The first-order chi connectivity index (χ1) is 13.7. The zero-order valence-corrected chi connectivity index (χ0v) is 19.7. The van der Waals surface area contributed by atoms with Gasteiger partial charge in [-0.25, -0.2) is 0 Å². The van der Waals surface area contributed by atoms with Crippen LogP contribution in [0.3, 0.4) is 0 Å². The lowest BCUT2D eigenvalue weighted by Crippen LogP contribution is -2.52. The summed E-state index contributed by atoms with van der Waals surface area (Å²) in [5, 5.41) is 0. The Morgan fingerprint density at radius 1 is 0.655 bits per heavy atom. The van der Waals surface area contributed by atoms with Gasteiger partial charge in [-0.3, -0.25) is 0 Å². The molecule has 4 heteroatoms. The van der Waals surface area contributed by atoms with E-state index in [2.05, 4.69) is 37.5 Å². The van der Waals surface area contributed by atoms with E-state index in [1.54, 1.807) is 0 Å². The maximum Gasteiger partial charge on any atom is 0.0632 e. The molecule has 4 heterocycles. The molecule has 4 rings (SSSR count). The van der Waals surface area contributed by atoms with E-state index in [-0.39, 0.29) is 11.2 Å². The molecule has 2 spiro atoms. The lowest BCUT2D eigenvalue weighted by molar-refractivity contribution is -0.124. The lowest BCUT2D eigenvalue weighted by atomic mass is 9.69. The maximum atomic E-state index is 6.02. The molecule has 0 aromatic heterocycles. The first-order valence-corrected chi connectivity index (χ1v) is 12.4. The standard InChI is InChI=1S/C25H46N2O2/c1-22(2)18-24(10-16-28-22)8-5-12-26(20-24)14-7-15-27-13-6-9-25(21-27)11-17-29-23(3,4)19-25/h5-21H2,1-4H3/t24-,25+. The second-order valence-electron chi connectivity index (χ2n) is 12.2. The number of hydrogen-bond acceptors (Lipinski definition) is 4.